The number of hydrogen-bond donors (Lipinski definition) is 1. The summed E-state index contributed by atoms with van der Waals surface area (Å²) in [6.07, 6.45) is 0. The van der Waals surface area contributed by atoms with Crippen LogP contribution in [0.15, 0.2) is 82.7 Å². The normalized spacial score (nSPS) is 13.0. The number of aromatic nitrogens is 2. The average Bonchev–Trinajstić information content (AvgIpc) is 2.85. The van der Waals surface area contributed by atoms with Gasteiger partial charge in [0.1, 0.15) is 6.54 Å². The summed E-state index contributed by atoms with van der Waals surface area (Å²) >= 11 is 7.51. The van der Waals surface area contributed by atoms with Crippen LogP contribution in [0.25, 0.3) is 10.9 Å². The molecule has 0 atom stereocenters. The van der Waals surface area contributed by atoms with Gasteiger partial charge in [0, 0.05) is 5.02 Å². The van der Waals surface area contributed by atoms with Crippen LogP contribution in [0.4, 0.5) is 11.4 Å². The Bertz CT molecular complexity index is 1490. The summed E-state index contributed by atoms with van der Waals surface area (Å²) in [4.78, 5) is 44.7. The summed E-state index contributed by atoms with van der Waals surface area (Å²) in [5.74, 6) is -0.495. The molecule has 34 heavy (non-hydrogen) atoms. The molecule has 1 aliphatic rings. The third-order valence-corrected chi connectivity index (χ3v) is 6.84. The number of rotatable bonds is 5. The molecule has 4 aromatic rings. The lowest BCUT2D eigenvalue weighted by Crippen LogP contribution is -2.43. The Labute approximate surface area is 204 Å². The number of carbonyl (C=O) groups excluding carboxylic acids is 2. The van der Waals surface area contributed by atoms with Crippen LogP contribution in [0.2, 0.25) is 5.02 Å². The maximum atomic E-state index is 13.3. The van der Waals surface area contributed by atoms with E-state index in [0.717, 1.165) is 17.3 Å². The molecule has 2 amide bonds. The molecule has 2 heterocycles. The highest BCUT2D eigenvalue weighted by molar-refractivity contribution is 7.99. The predicted molar refractivity (Wildman–Crippen MR) is 135 cm³/mol. The number of thioether (sulfide) groups is 1. The monoisotopic (exact) mass is 490 g/mol. The summed E-state index contributed by atoms with van der Waals surface area (Å²) in [6, 6.07) is 21.6. The van der Waals surface area contributed by atoms with Gasteiger partial charge in [-0.1, -0.05) is 65.8 Å². The van der Waals surface area contributed by atoms with Crippen LogP contribution >= 0.6 is 23.4 Å². The Hall–Kier alpha value is -3.62. The number of hydrogen-bond acceptors (Lipinski definition) is 5. The number of anilines is 2. The molecule has 0 bridgehead atoms. The molecule has 0 spiro atoms. The van der Waals surface area contributed by atoms with Gasteiger partial charge in [-0.3, -0.25) is 19.0 Å². The first-order chi connectivity index (χ1) is 16.5. The van der Waals surface area contributed by atoms with Gasteiger partial charge in [-0.05, 0) is 35.9 Å². The van der Waals surface area contributed by atoms with E-state index in [2.05, 4.69) is 10.3 Å². The molecule has 1 N–H and O–H groups in total. The molecule has 3 aromatic carbocycles. The summed E-state index contributed by atoms with van der Waals surface area (Å²) in [6.45, 7) is 0.163. The fourth-order valence-electron chi connectivity index (χ4n) is 3.85. The van der Waals surface area contributed by atoms with Gasteiger partial charge in [-0.15, -0.1) is 0 Å². The number of benzene rings is 3. The first-order valence-electron chi connectivity index (χ1n) is 10.6. The molecule has 1 aromatic heterocycles. The number of carbonyl (C=O) groups is 2. The second-order valence-corrected chi connectivity index (χ2v) is 9.08. The lowest BCUT2D eigenvalue weighted by molar-refractivity contribution is -0.120. The third kappa shape index (κ3) is 4.30. The number of fused-ring (bicyclic) bond motifs is 2. The summed E-state index contributed by atoms with van der Waals surface area (Å²) in [5, 5.41) is 4.23. The minimum atomic E-state index is -0.253. The lowest BCUT2D eigenvalue weighted by Gasteiger charge is -2.29. The number of halogens is 1. The fraction of sp³-hybridized carbons (Fsp3) is 0.120. The van der Waals surface area contributed by atoms with Crippen LogP contribution in [0.1, 0.15) is 5.56 Å². The highest BCUT2D eigenvalue weighted by Gasteiger charge is 2.27. The molecule has 0 fully saturated rings. The van der Waals surface area contributed by atoms with Crippen molar-refractivity contribution in [1.82, 2.24) is 9.55 Å². The van der Waals surface area contributed by atoms with Gasteiger partial charge in [-0.2, -0.15) is 0 Å². The van der Waals surface area contributed by atoms with Crippen LogP contribution in [0.5, 0.6) is 0 Å². The zero-order valence-corrected chi connectivity index (χ0v) is 19.5. The molecular formula is C25H19ClN4O3S. The molecule has 1 aliphatic heterocycles. The van der Waals surface area contributed by atoms with Crippen LogP contribution in [-0.4, -0.2) is 33.7 Å². The van der Waals surface area contributed by atoms with Crippen molar-refractivity contribution in [2.24, 2.45) is 0 Å². The number of nitrogens with one attached hydrogen (secondary N) is 1. The van der Waals surface area contributed by atoms with Crippen LogP contribution in [0.3, 0.4) is 0 Å². The van der Waals surface area contributed by atoms with Gasteiger partial charge in [0.25, 0.3) is 5.56 Å². The SMILES string of the molecule is O=C1CN(C(=O)CSc2nc3ccccc3c(=O)n2Cc2ccccc2Cl)c2ccccc2N1. The molecule has 0 aliphatic carbocycles. The molecule has 0 saturated carbocycles. The van der Waals surface area contributed by atoms with E-state index in [4.69, 9.17) is 11.6 Å². The topological polar surface area (TPSA) is 84.3 Å². The van der Waals surface area contributed by atoms with Gasteiger partial charge in [0.15, 0.2) is 5.16 Å². The Balaban J connectivity index is 1.48. The van der Waals surface area contributed by atoms with Crippen LogP contribution in [0, 0.1) is 0 Å². The van der Waals surface area contributed by atoms with E-state index < -0.39 is 0 Å². The summed E-state index contributed by atoms with van der Waals surface area (Å²) in [7, 11) is 0. The lowest BCUT2D eigenvalue weighted by atomic mass is 10.2. The van der Waals surface area contributed by atoms with Gasteiger partial charge < -0.3 is 10.2 Å². The Kier molecular flexibility index (Phi) is 6.08. The number of amides is 2. The van der Waals surface area contributed by atoms with Crippen molar-refractivity contribution in [3.05, 3.63) is 93.7 Å². The highest BCUT2D eigenvalue weighted by Crippen LogP contribution is 2.30. The quantitative estimate of drug-likeness (QED) is 0.335. The number of nitrogens with zero attached hydrogens (tertiary/aromatic N) is 3. The highest BCUT2D eigenvalue weighted by atomic mass is 35.5. The van der Waals surface area contributed by atoms with Crippen molar-refractivity contribution in [2.45, 2.75) is 11.7 Å². The van der Waals surface area contributed by atoms with Crippen molar-refractivity contribution in [2.75, 3.05) is 22.5 Å². The van der Waals surface area contributed by atoms with Crippen LogP contribution in [-0.2, 0) is 16.1 Å². The van der Waals surface area contributed by atoms with Gasteiger partial charge in [0.05, 0.1) is 34.6 Å². The molecule has 0 radical (unpaired) electrons. The molecule has 0 saturated heterocycles. The van der Waals surface area contributed by atoms with Crippen molar-refractivity contribution in [1.29, 1.82) is 0 Å². The molecule has 7 nitrogen and oxygen atoms in total. The summed E-state index contributed by atoms with van der Waals surface area (Å²) in [5.41, 5.74) is 2.37. The van der Waals surface area contributed by atoms with Crippen molar-refractivity contribution in [3.63, 3.8) is 0 Å². The standard InChI is InChI=1S/C25H19ClN4O3S/c26-18-9-3-1-7-16(18)13-30-24(33)17-8-2-4-10-19(17)28-25(30)34-15-23(32)29-14-22(31)27-20-11-5-6-12-21(20)29/h1-12H,13-15H2,(H,27,31). The first kappa shape index (κ1) is 22.2. The Morgan fingerprint density at radius 3 is 2.59 bits per heavy atom. The smallest absolute Gasteiger partial charge is 0.262 e. The Morgan fingerprint density at radius 1 is 1.00 bits per heavy atom. The molecule has 0 unspecified atom stereocenters. The number of para-hydroxylation sites is 3. The maximum absolute atomic E-state index is 13.3. The molecule has 170 valence electrons. The predicted octanol–water partition coefficient (Wildman–Crippen LogP) is 4.18. The fourth-order valence-corrected chi connectivity index (χ4v) is 4.92. The Morgan fingerprint density at radius 2 is 1.74 bits per heavy atom. The maximum Gasteiger partial charge on any atom is 0.262 e. The minimum Gasteiger partial charge on any atom is -0.323 e. The van der Waals surface area contributed by atoms with Crippen molar-refractivity contribution in [3.8, 4) is 0 Å². The third-order valence-electron chi connectivity index (χ3n) is 5.51. The molecular weight excluding hydrogens is 472 g/mol. The zero-order chi connectivity index (χ0) is 23.7. The van der Waals surface area contributed by atoms with E-state index in [-0.39, 0.29) is 36.2 Å². The van der Waals surface area contributed by atoms with E-state index in [1.54, 1.807) is 47.0 Å². The van der Waals surface area contributed by atoms with E-state index in [1.807, 2.05) is 30.3 Å². The van der Waals surface area contributed by atoms with Crippen molar-refractivity contribution >= 4 is 57.5 Å². The van der Waals surface area contributed by atoms with Gasteiger partial charge in [0.2, 0.25) is 11.8 Å². The van der Waals surface area contributed by atoms with E-state index in [9.17, 15) is 14.4 Å². The minimum absolute atomic E-state index is 0.00885. The van der Waals surface area contributed by atoms with E-state index in [1.165, 1.54) is 4.90 Å². The first-order valence-corrected chi connectivity index (χ1v) is 11.9. The van der Waals surface area contributed by atoms with Gasteiger partial charge >= 0.3 is 0 Å². The van der Waals surface area contributed by atoms with E-state index in [0.29, 0.717) is 32.5 Å². The summed E-state index contributed by atoms with van der Waals surface area (Å²) < 4.78 is 1.54. The molecule has 5 rings (SSSR count). The van der Waals surface area contributed by atoms with Crippen LogP contribution < -0.4 is 15.8 Å². The van der Waals surface area contributed by atoms with Crippen molar-refractivity contribution < 1.29 is 9.59 Å². The largest absolute Gasteiger partial charge is 0.323 e. The average molecular weight is 491 g/mol. The second kappa shape index (κ2) is 9.32. The zero-order valence-electron chi connectivity index (χ0n) is 17.9. The van der Waals surface area contributed by atoms with Gasteiger partial charge in [-0.25, -0.2) is 4.98 Å². The second-order valence-electron chi connectivity index (χ2n) is 7.73. The molecule has 9 heteroatoms. The van der Waals surface area contributed by atoms with E-state index >= 15 is 0 Å².